The van der Waals surface area contributed by atoms with E-state index in [0.717, 1.165) is 18.4 Å². The fourth-order valence-electron chi connectivity index (χ4n) is 4.76. The number of amides is 1. The third-order valence-electron chi connectivity index (χ3n) is 6.15. The van der Waals surface area contributed by atoms with Gasteiger partial charge >= 0.3 is 0 Å². The smallest absolute Gasteiger partial charge is 0.232 e. The van der Waals surface area contributed by atoms with Gasteiger partial charge in [-0.05, 0) is 54.9 Å². The van der Waals surface area contributed by atoms with Gasteiger partial charge in [0.2, 0.25) is 5.91 Å². The molecule has 134 valence electrons. The van der Waals surface area contributed by atoms with Crippen LogP contribution in [0.25, 0.3) is 5.70 Å². The molecular weight excluding hydrogens is 317 g/mol. The molecule has 2 aliphatic rings. The zero-order valence-corrected chi connectivity index (χ0v) is 15.0. The van der Waals surface area contributed by atoms with Gasteiger partial charge in [-0.15, -0.1) is 0 Å². The highest BCUT2D eigenvalue weighted by atomic mass is 19.1. The summed E-state index contributed by atoms with van der Waals surface area (Å²) in [6.07, 6.45) is 3.38. The molecule has 5 N–H and O–H groups in total. The Bertz CT molecular complexity index is 781. The van der Waals surface area contributed by atoms with Crippen molar-refractivity contribution in [2.75, 3.05) is 6.54 Å². The fraction of sp³-hybridized carbons (Fsp3) is 0.450. The summed E-state index contributed by atoms with van der Waals surface area (Å²) in [5.74, 6) is -0.246. The molecule has 4 nitrogen and oxygen atoms in total. The lowest BCUT2D eigenvalue weighted by Gasteiger charge is -2.37. The summed E-state index contributed by atoms with van der Waals surface area (Å²) >= 11 is 0. The van der Waals surface area contributed by atoms with Gasteiger partial charge in [-0.2, -0.15) is 0 Å². The molecular formula is C20H26FN3O. The standard InChI is InChI=1S/C20H26FN3O/c1-4-24-18(25)20-10-9-14(19(20,2)3)13(17(20)23)11-16(22)12-7-5-6-8-15(12)21/h5-8,11,14H,4,9-10,22-23H2,1-3H3,(H,24,25)/b16-11-. The van der Waals surface area contributed by atoms with Crippen LogP contribution in [0.4, 0.5) is 4.39 Å². The molecule has 0 aliphatic heterocycles. The number of hydrogen-bond acceptors (Lipinski definition) is 3. The van der Waals surface area contributed by atoms with Gasteiger partial charge in [0.15, 0.2) is 0 Å². The van der Waals surface area contributed by atoms with Crippen molar-refractivity contribution in [1.29, 1.82) is 0 Å². The van der Waals surface area contributed by atoms with E-state index in [1.165, 1.54) is 6.07 Å². The maximum absolute atomic E-state index is 14.0. The van der Waals surface area contributed by atoms with Crippen molar-refractivity contribution in [3.05, 3.63) is 53.0 Å². The van der Waals surface area contributed by atoms with Crippen LogP contribution in [0.15, 0.2) is 41.6 Å². The van der Waals surface area contributed by atoms with Gasteiger partial charge < -0.3 is 16.8 Å². The molecule has 3 rings (SSSR count). The van der Waals surface area contributed by atoms with Crippen LogP contribution < -0.4 is 16.8 Å². The summed E-state index contributed by atoms with van der Waals surface area (Å²) in [4.78, 5) is 12.9. The van der Waals surface area contributed by atoms with E-state index < -0.39 is 5.41 Å². The predicted molar refractivity (Wildman–Crippen MR) is 97.4 cm³/mol. The summed E-state index contributed by atoms with van der Waals surface area (Å²) in [6.45, 7) is 6.65. The number of nitrogens with one attached hydrogen (secondary N) is 1. The normalized spacial score (nSPS) is 27.7. The summed E-state index contributed by atoms with van der Waals surface area (Å²) in [7, 11) is 0. The summed E-state index contributed by atoms with van der Waals surface area (Å²) in [5.41, 5.74) is 13.8. The molecule has 25 heavy (non-hydrogen) atoms. The van der Waals surface area contributed by atoms with E-state index in [0.29, 0.717) is 23.5 Å². The van der Waals surface area contributed by atoms with Crippen LogP contribution >= 0.6 is 0 Å². The average molecular weight is 343 g/mol. The first-order chi connectivity index (χ1) is 11.8. The van der Waals surface area contributed by atoms with Crippen LogP contribution in [0.3, 0.4) is 0 Å². The largest absolute Gasteiger partial charge is 0.401 e. The number of allylic oxidation sites excluding steroid dienone is 2. The lowest BCUT2D eigenvalue weighted by molar-refractivity contribution is -0.133. The van der Waals surface area contributed by atoms with Gasteiger partial charge in [0, 0.05) is 23.5 Å². The minimum atomic E-state index is -0.713. The van der Waals surface area contributed by atoms with Crippen molar-refractivity contribution in [2.24, 2.45) is 28.2 Å². The summed E-state index contributed by atoms with van der Waals surface area (Å²) in [6, 6.07) is 6.41. The van der Waals surface area contributed by atoms with Crippen LogP contribution in [0.1, 0.15) is 39.2 Å². The van der Waals surface area contributed by atoms with E-state index in [-0.39, 0.29) is 23.1 Å². The molecule has 2 unspecified atom stereocenters. The number of hydrogen-bond donors (Lipinski definition) is 3. The Balaban J connectivity index is 2.09. The van der Waals surface area contributed by atoms with Gasteiger partial charge in [0.1, 0.15) is 5.82 Å². The number of rotatable bonds is 4. The van der Waals surface area contributed by atoms with E-state index in [2.05, 4.69) is 19.2 Å². The van der Waals surface area contributed by atoms with Gasteiger partial charge in [-0.3, -0.25) is 4.79 Å². The molecule has 1 amide bonds. The van der Waals surface area contributed by atoms with Crippen LogP contribution in [0, 0.1) is 22.6 Å². The molecule has 0 spiro atoms. The molecule has 0 saturated heterocycles. The first-order valence-corrected chi connectivity index (χ1v) is 8.77. The number of benzene rings is 1. The highest BCUT2D eigenvalue weighted by molar-refractivity contribution is 5.89. The lowest BCUT2D eigenvalue weighted by atomic mass is 9.67. The Morgan fingerprint density at radius 2 is 2.08 bits per heavy atom. The first-order valence-electron chi connectivity index (χ1n) is 8.77. The molecule has 0 aromatic heterocycles. The lowest BCUT2D eigenvalue weighted by Crippen LogP contribution is -2.49. The second-order valence-electron chi connectivity index (χ2n) is 7.53. The minimum Gasteiger partial charge on any atom is -0.401 e. The van der Waals surface area contributed by atoms with Crippen molar-refractivity contribution in [1.82, 2.24) is 5.32 Å². The Hall–Kier alpha value is -2.30. The van der Waals surface area contributed by atoms with Crippen LogP contribution in [0.2, 0.25) is 0 Å². The van der Waals surface area contributed by atoms with Crippen molar-refractivity contribution in [3.8, 4) is 0 Å². The quantitative estimate of drug-likeness (QED) is 0.786. The molecule has 1 aromatic carbocycles. The molecule has 5 heteroatoms. The third-order valence-corrected chi connectivity index (χ3v) is 6.15. The Morgan fingerprint density at radius 1 is 1.40 bits per heavy atom. The molecule has 1 aromatic rings. The molecule has 2 bridgehead atoms. The second kappa shape index (κ2) is 5.90. The summed E-state index contributed by atoms with van der Waals surface area (Å²) in [5, 5.41) is 2.94. The van der Waals surface area contributed by atoms with Crippen molar-refractivity contribution < 1.29 is 9.18 Å². The van der Waals surface area contributed by atoms with E-state index in [1.807, 2.05) is 6.92 Å². The summed E-state index contributed by atoms with van der Waals surface area (Å²) < 4.78 is 14.0. The number of carbonyl (C=O) groups is 1. The SMILES string of the molecule is CCNC(=O)C12CCC(C(/C=C(\N)c3ccccc3F)=C1N)C2(C)C. The number of carbonyl (C=O) groups excluding carboxylic acids is 1. The monoisotopic (exact) mass is 343 g/mol. The number of nitrogens with two attached hydrogens (primary N) is 2. The van der Waals surface area contributed by atoms with E-state index >= 15 is 0 Å². The molecule has 2 aliphatic carbocycles. The maximum Gasteiger partial charge on any atom is 0.232 e. The molecule has 0 radical (unpaired) electrons. The first kappa shape index (κ1) is 17.5. The van der Waals surface area contributed by atoms with Crippen LogP contribution in [-0.2, 0) is 4.79 Å². The zero-order chi connectivity index (χ0) is 18.4. The number of halogens is 1. The predicted octanol–water partition coefficient (Wildman–Crippen LogP) is 2.91. The third kappa shape index (κ3) is 2.29. The van der Waals surface area contributed by atoms with Crippen molar-refractivity contribution in [2.45, 2.75) is 33.6 Å². The average Bonchev–Trinajstić information content (AvgIpc) is 2.91. The second-order valence-corrected chi connectivity index (χ2v) is 7.53. The molecule has 1 fully saturated rings. The molecule has 2 atom stereocenters. The highest BCUT2D eigenvalue weighted by Crippen LogP contribution is 2.67. The molecule has 1 saturated carbocycles. The number of fused-ring (bicyclic) bond motifs is 2. The van der Waals surface area contributed by atoms with E-state index in [9.17, 15) is 9.18 Å². The maximum atomic E-state index is 14.0. The molecule has 0 heterocycles. The Morgan fingerprint density at radius 3 is 2.72 bits per heavy atom. The zero-order valence-electron chi connectivity index (χ0n) is 15.0. The van der Waals surface area contributed by atoms with E-state index in [1.54, 1.807) is 24.3 Å². The van der Waals surface area contributed by atoms with Crippen molar-refractivity contribution >= 4 is 11.6 Å². The van der Waals surface area contributed by atoms with Crippen molar-refractivity contribution in [3.63, 3.8) is 0 Å². The van der Waals surface area contributed by atoms with Gasteiger partial charge in [-0.25, -0.2) is 4.39 Å². The van der Waals surface area contributed by atoms with Crippen LogP contribution in [0.5, 0.6) is 0 Å². The van der Waals surface area contributed by atoms with E-state index in [4.69, 9.17) is 11.5 Å². The minimum absolute atomic E-state index is 0.0205. The fourth-order valence-corrected chi connectivity index (χ4v) is 4.76. The van der Waals surface area contributed by atoms with Gasteiger partial charge in [0.05, 0.1) is 5.41 Å². The van der Waals surface area contributed by atoms with Gasteiger partial charge in [-0.1, -0.05) is 26.0 Å². The highest BCUT2D eigenvalue weighted by Gasteiger charge is 2.66. The van der Waals surface area contributed by atoms with Crippen LogP contribution in [-0.4, -0.2) is 12.5 Å². The van der Waals surface area contributed by atoms with Gasteiger partial charge in [0.25, 0.3) is 0 Å². The Labute approximate surface area is 148 Å². The Kier molecular flexibility index (Phi) is 4.13. The topological polar surface area (TPSA) is 81.1 Å².